The number of allylic oxidation sites excluding steroid dienone is 6. The van der Waals surface area contributed by atoms with Crippen molar-refractivity contribution >= 4 is 81.7 Å². The molecule has 8 nitrogen and oxygen atoms in total. The topological polar surface area (TPSA) is 107 Å². The second kappa shape index (κ2) is 36.0. The molecule has 0 aromatic heterocycles. The number of ether oxygens (including phenoxy) is 2. The lowest BCUT2D eigenvalue weighted by molar-refractivity contribution is -0.156. The number of ketones is 3. The van der Waals surface area contributed by atoms with Crippen molar-refractivity contribution in [2.45, 2.75) is 39.5 Å². The molecule has 0 saturated heterocycles. The molecule has 414 valence electrons. The fraction of sp³-hybridized carbons (Fsp3) is 0.110. The van der Waals surface area contributed by atoms with Gasteiger partial charge in [0.25, 0.3) is 0 Å². The van der Waals surface area contributed by atoms with Gasteiger partial charge in [-0.2, -0.15) is 0 Å². The van der Waals surface area contributed by atoms with Crippen LogP contribution in [0, 0.1) is 0 Å². The first-order valence-electron chi connectivity index (χ1n) is 26.6. The van der Waals surface area contributed by atoms with E-state index in [4.69, 9.17) is 9.47 Å². The first kappa shape index (κ1) is 63.4. The third-order valence-electron chi connectivity index (χ3n) is 11.3. The number of esters is 2. The molecule has 0 saturated carbocycles. The minimum absolute atomic E-state index is 0.0114. The van der Waals surface area contributed by atoms with Gasteiger partial charge in [0, 0.05) is 17.6 Å². The van der Waals surface area contributed by atoms with Crippen molar-refractivity contribution in [1.29, 1.82) is 0 Å². The minimum Gasteiger partial charge on any atom is -0.465 e. The fourth-order valence-corrected chi connectivity index (χ4v) is 7.85. The Hall–Kier alpha value is -9.41. The summed E-state index contributed by atoms with van der Waals surface area (Å²) in [6, 6.07) is 73.9. The fourth-order valence-electron chi connectivity index (χ4n) is 7.35. The molecule has 0 aliphatic rings. The number of benzene rings is 8. The van der Waals surface area contributed by atoms with Gasteiger partial charge in [-0.05, 0) is 114 Å². The van der Waals surface area contributed by atoms with Crippen molar-refractivity contribution in [3.05, 3.63) is 322 Å². The number of carbonyl (C=O) groups is 5. The van der Waals surface area contributed by atoms with Crippen molar-refractivity contribution in [3.8, 4) is 0 Å². The quantitative estimate of drug-likeness (QED) is 0.0582. The first-order chi connectivity index (χ1) is 39.7. The molecule has 0 heterocycles. The van der Waals surface area contributed by atoms with Crippen molar-refractivity contribution in [2.24, 2.45) is 0 Å². The van der Waals surface area contributed by atoms with E-state index in [9.17, 15) is 24.0 Å². The highest BCUT2D eigenvalue weighted by molar-refractivity contribution is 9.10. The number of nitrogens with zero attached hydrogens (tertiary/aromatic N) is 1. The number of hydrogen-bond donors (Lipinski definition) is 0. The summed E-state index contributed by atoms with van der Waals surface area (Å²) in [6.07, 6.45) is 20.4. The van der Waals surface area contributed by atoms with Crippen LogP contribution in [-0.2, 0) is 41.7 Å². The number of carbonyl (C=O) groups excluding carboxylic acids is 5. The average Bonchev–Trinajstić information content (AvgIpc) is 3.50. The zero-order valence-electron chi connectivity index (χ0n) is 46.7. The molecule has 0 radical (unpaired) electrons. The highest BCUT2D eigenvalue weighted by Crippen LogP contribution is 2.22. The van der Waals surface area contributed by atoms with Crippen LogP contribution in [-0.4, -0.2) is 53.4 Å². The smallest absolute Gasteiger partial charge is 0.337 e. The van der Waals surface area contributed by atoms with Crippen LogP contribution in [0.15, 0.2) is 271 Å². The molecule has 0 fully saturated rings. The Morgan fingerprint density at radius 2 is 0.707 bits per heavy atom. The summed E-state index contributed by atoms with van der Waals surface area (Å²) in [5.41, 5.74) is 8.17. The highest BCUT2D eigenvalue weighted by Gasteiger charge is 2.20. The Morgan fingerprint density at radius 3 is 0.976 bits per heavy atom. The largest absolute Gasteiger partial charge is 0.465 e. The standard InChI is InChI=1S/C22H26BrNO4.3C17H14O/c1-22(2,3)28-20(25)15-24(13-16-8-6-5-7-9-16)14-18-11-10-17(12-19(18)23)21(26)27-4;3*18-17(13-11-15-7-3-1-4-8-15)14-12-16-9-5-2-6-10-16/h5-12H,13-15H2,1-4H3;3*1-14H. The van der Waals surface area contributed by atoms with Gasteiger partial charge in [0.2, 0.25) is 0 Å². The van der Waals surface area contributed by atoms with Crippen LogP contribution in [0.3, 0.4) is 0 Å². The summed E-state index contributed by atoms with van der Waals surface area (Å²) >= 11 is 3.52. The maximum Gasteiger partial charge on any atom is 0.337 e. The monoisotopic (exact) mass is 1150 g/mol. The van der Waals surface area contributed by atoms with Gasteiger partial charge in [-0.25, -0.2) is 4.79 Å². The van der Waals surface area contributed by atoms with Crippen LogP contribution in [0.4, 0.5) is 0 Å². The Morgan fingerprint density at radius 1 is 0.415 bits per heavy atom. The summed E-state index contributed by atoms with van der Waals surface area (Å²) in [5.74, 6) is -0.694. The molecule has 0 aliphatic heterocycles. The van der Waals surface area contributed by atoms with Crippen molar-refractivity contribution < 1.29 is 33.4 Å². The van der Waals surface area contributed by atoms with Crippen molar-refractivity contribution in [1.82, 2.24) is 4.90 Å². The highest BCUT2D eigenvalue weighted by atomic mass is 79.9. The molecule has 8 aromatic rings. The Balaban J connectivity index is 0.000000205. The van der Waals surface area contributed by atoms with Gasteiger partial charge in [0.1, 0.15) is 5.60 Å². The van der Waals surface area contributed by atoms with E-state index < -0.39 is 5.60 Å². The van der Waals surface area contributed by atoms with Gasteiger partial charge in [0.05, 0.1) is 19.2 Å². The molecular formula is C73H68BrNO7. The number of halogens is 1. The van der Waals surface area contributed by atoms with Crippen LogP contribution in [0.5, 0.6) is 0 Å². The van der Waals surface area contributed by atoms with Crippen LogP contribution in [0.25, 0.3) is 36.5 Å². The minimum atomic E-state index is -0.530. The number of methoxy groups -OCH3 is 1. The summed E-state index contributed by atoms with van der Waals surface area (Å²) in [6.45, 7) is 6.86. The Labute approximate surface area is 491 Å². The van der Waals surface area contributed by atoms with Gasteiger partial charge < -0.3 is 9.47 Å². The molecule has 0 unspecified atom stereocenters. The Kier molecular flexibility index (Phi) is 27.8. The van der Waals surface area contributed by atoms with E-state index in [-0.39, 0.29) is 35.8 Å². The van der Waals surface area contributed by atoms with E-state index in [1.54, 1.807) is 48.6 Å². The molecule has 0 N–H and O–H groups in total. The third-order valence-corrected chi connectivity index (χ3v) is 12.1. The molecule has 0 amide bonds. The molecule has 8 rings (SSSR count). The molecule has 8 aromatic carbocycles. The zero-order valence-corrected chi connectivity index (χ0v) is 48.3. The summed E-state index contributed by atoms with van der Waals surface area (Å²) in [4.78, 5) is 60.9. The molecule has 0 atom stereocenters. The molecule has 9 heteroatoms. The van der Waals surface area contributed by atoms with Crippen LogP contribution in [0.2, 0.25) is 0 Å². The van der Waals surface area contributed by atoms with E-state index in [2.05, 4.69) is 15.9 Å². The lowest BCUT2D eigenvalue weighted by Crippen LogP contribution is -2.34. The number of rotatable bonds is 19. The molecular weight excluding hydrogens is 1080 g/mol. The van der Waals surface area contributed by atoms with E-state index >= 15 is 0 Å². The van der Waals surface area contributed by atoms with Crippen molar-refractivity contribution in [2.75, 3.05) is 13.7 Å². The molecule has 82 heavy (non-hydrogen) atoms. The predicted octanol–water partition coefficient (Wildman–Crippen LogP) is 16.5. The second-order valence-corrected chi connectivity index (χ2v) is 20.0. The lowest BCUT2D eigenvalue weighted by Gasteiger charge is -2.25. The normalized spacial score (nSPS) is 11.2. The Bertz CT molecular complexity index is 2980. The van der Waals surface area contributed by atoms with Crippen molar-refractivity contribution in [3.63, 3.8) is 0 Å². The summed E-state index contributed by atoms with van der Waals surface area (Å²) < 4.78 is 11.0. The molecule has 0 aliphatic carbocycles. The summed E-state index contributed by atoms with van der Waals surface area (Å²) in [7, 11) is 1.35. The maximum absolute atomic E-state index is 12.4. The zero-order chi connectivity index (χ0) is 58.6. The summed E-state index contributed by atoms with van der Waals surface area (Å²) in [5, 5.41) is 0. The van der Waals surface area contributed by atoms with Gasteiger partial charge in [-0.3, -0.25) is 24.1 Å². The lowest BCUT2D eigenvalue weighted by atomic mass is 10.1. The SMILES string of the molecule is COC(=O)c1ccc(CN(CC(=O)OC(C)(C)C)Cc2ccccc2)c(Br)c1.O=C(C=Cc1ccccc1)C=Cc1ccccc1.O=C(C=Cc1ccccc1)C=Cc1ccccc1.O=C(C=Cc1ccccc1)C=Cc1ccccc1. The van der Waals surface area contributed by atoms with E-state index in [0.29, 0.717) is 18.7 Å². The van der Waals surface area contributed by atoms with Gasteiger partial charge in [-0.1, -0.05) is 271 Å². The van der Waals surface area contributed by atoms with Crippen LogP contribution >= 0.6 is 15.9 Å². The maximum atomic E-state index is 12.4. The molecule has 0 bridgehead atoms. The van der Waals surface area contributed by atoms with Crippen LogP contribution in [0.1, 0.15) is 75.6 Å². The van der Waals surface area contributed by atoms with Gasteiger partial charge in [-0.15, -0.1) is 0 Å². The van der Waals surface area contributed by atoms with Crippen LogP contribution < -0.4 is 0 Å². The van der Waals surface area contributed by atoms with E-state index in [1.807, 2.05) is 281 Å². The predicted molar refractivity (Wildman–Crippen MR) is 340 cm³/mol. The van der Waals surface area contributed by atoms with Gasteiger partial charge in [0.15, 0.2) is 17.3 Å². The van der Waals surface area contributed by atoms with E-state index in [1.165, 1.54) is 7.11 Å². The van der Waals surface area contributed by atoms with E-state index in [0.717, 1.165) is 49.0 Å². The average molecular weight is 1150 g/mol. The molecule has 0 spiro atoms. The number of hydrogen-bond acceptors (Lipinski definition) is 8. The third kappa shape index (κ3) is 27.0. The first-order valence-corrected chi connectivity index (χ1v) is 27.4. The van der Waals surface area contributed by atoms with Gasteiger partial charge >= 0.3 is 11.9 Å². The second-order valence-electron chi connectivity index (χ2n) is 19.2.